The fourth-order valence-corrected chi connectivity index (χ4v) is 5.89. The molecule has 0 spiro atoms. The number of carbonyl (C=O) groups is 2. The molecule has 0 unspecified atom stereocenters. The highest BCUT2D eigenvalue weighted by atomic mass is 16.3. The van der Waals surface area contributed by atoms with Crippen LogP contribution in [0, 0.1) is 28.6 Å². The van der Waals surface area contributed by atoms with Gasteiger partial charge in [-0.3, -0.25) is 14.9 Å². The van der Waals surface area contributed by atoms with E-state index in [-0.39, 0.29) is 41.1 Å². The second-order valence-electron chi connectivity index (χ2n) is 9.21. The number of rotatable bonds is 3. The number of aliphatic hydroxyl groups excluding tert-OH is 2. The van der Waals surface area contributed by atoms with Gasteiger partial charge >= 0.3 is 0 Å². The maximum absolute atomic E-state index is 11.9. The molecule has 5 nitrogen and oxygen atoms in total. The Morgan fingerprint density at radius 1 is 1.28 bits per heavy atom. The molecule has 25 heavy (non-hydrogen) atoms. The number of fused-ring (bicyclic) bond motifs is 1. The van der Waals surface area contributed by atoms with Gasteiger partial charge < -0.3 is 10.2 Å². The minimum atomic E-state index is -0.835. The van der Waals surface area contributed by atoms with Crippen molar-refractivity contribution >= 4 is 11.8 Å². The van der Waals surface area contributed by atoms with E-state index in [4.69, 9.17) is 0 Å². The fourth-order valence-electron chi connectivity index (χ4n) is 5.89. The van der Waals surface area contributed by atoms with E-state index >= 15 is 0 Å². The van der Waals surface area contributed by atoms with Crippen LogP contribution >= 0.6 is 0 Å². The Balaban J connectivity index is 1.83. The second-order valence-corrected chi connectivity index (χ2v) is 9.21. The number of hydrogen-bond donors (Lipinski definition) is 3. The van der Waals surface area contributed by atoms with Crippen LogP contribution in [0.1, 0.15) is 59.3 Å². The lowest BCUT2D eigenvalue weighted by Gasteiger charge is -2.59. The summed E-state index contributed by atoms with van der Waals surface area (Å²) in [5.74, 6) is -0.851. The van der Waals surface area contributed by atoms with Crippen molar-refractivity contribution in [1.82, 2.24) is 5.32 Å². The molecule has 1 heterocycles. The van der Waals surface area contributed by atoms with E-state index in [1.165, 1.54) is 0 Å². The largest absolute Gasteiger partial charge is 0.393 e. The summed E-state index contributed by atoms with van der Waals surface area (Å²) in [5.41, 5.74) is 0.921. The lowest BCUT2D eigenvalue weighted by molar-refractivity contribution is -0.134. The Bertz CT molecular complexity index is 599. The summed E-state index contributed by atoms with van der Waals surface area (Å²) in [5, 5.41) is 23.5. The molecule has 2 amide bonds. The molecule has 2 saturated carbocycles. The summed E-state index contributed by atoms with van der Waals surface area (Å²) in [6.07, 6.45) is 2.95. The highest BCUT2D eigenvalue weighted by Crippen LogP contribution is 2.61. The zero-order valence-electron chi connectivity index (χ0n) is 15.5. The van der Waals surface area contributed by atoms with Gasteiger partial charge in [0.25, 0.3) is 0 Å². The normalized spacial score (nSPS) is 42.0. The third-order valence-corrected chi connectivity index (χ3v) is 7.50. The third-order valence-electron chi connectivity index (χ3n) is 7.50. The minimum Gasteiger partial charge on any atom is -0.393 e. The average Bonchev–Trinajstić information content (AvgIpc) is 2.86. The van der Waals surface area contributed by atoms with Gasteiger partial charge in [-0.1, -0.05) is 32.9 Å². The highest BCUT2D eigenvalue weighted by Gasteiger charge is 2.56. The SMILES string of the molecule is C=C1CC[C@H]2C(C)(C)[C@@H](O)CC[C@]2(C)[C@H]1C[C@H](O)[C@H]1CC(=O)NC1=O. The number of allylic oxidation sites excluding steroid dienone is 1. The molecule has 3 N–H and O–H groups in total. The Morgan fingerprint density at radius 3 is 2.56 bits per heavy atom. The summed E-state index contributed by atoms with van der Waals surface area (Å²) in [7, 11) is 0. The van der Waals surface area contributed by atoms with Crippen molar-refractivity contribution < 1.29 is 19.8 Å². The van der Waals surface area contributed by atoms with Crippen molar-refractivity contribution in [3.8, 4) is 0 Å². The topological polar surface area (TPSA) is 86.6 Å². The van der Waals surface area contributed by atoms with Gasteiger partial charge in [0.05, 0.1) is 18.1 Å². The van der Waals surface area contributed by atoms with Crippen LogP contribution in [-0.4, -0.2) is 34.2 Å². The molecule has 0 bridgehead atoms. The van der Waals surface area contributed by atoms with Crippen LogP contribution in [0.3, 0.4) is 0 Å². The lowest BCUT2D eigenvalue weighted by atomic mass is 9.46. The molecular formula is C20H31NO4. The van der Waals surface area contributed by atoms with Crippen molar-refractivity contribution in [3.05, 3.63) is 12.2 Å². The first-order valence-corrected chi connectivity index (χ1v) is 9.45. The zero-order valence-corrected chi connectivity index (χ0v) is 15.5. The molecule has 3 fully saturated rings. The Labute approximate surface area is 149 Å². The Hall–Kier alpha value is -1.20. The number of amides is 2. The first-order valence-electron chi connectivity index (χ1n) is 9.45. The summed E-state index contributed by atoms with van der Waals surface area (Å²) >= 11 is 0. The molecule has 3 rings (SSSR count). The van der Waals surface area contributed by atoms with Gasteiger partial charge in [0.1, 0.15) is 0 Å². The lowest BCUT2D eigenvalue weighted by Crippen LogP contribution is -2.55. The standard InChI is InChI=1S/C20H31NO4/c1-11-5-6-15-19(2,3)16(23)7-8-20(15,4)13(11)10-14(22)12-9-17(24)21-18(12)25/h12-16,22-23H,1,5-10H2,2-4H3,(H,21,24,25)/t12-,13+,14+,15+,16+,20-/m1/s1. The Kier molecular flexibility index (Phi) is 4.61. The van der Waals surface area contributed by atoms with E-state index in [0.717, 1.165) is 31.3 Å². The van der Waals surface area contributed by atoms with Gasteiger partial charge in [0.15, 0.2) is 0 Å². The van der Waals surface area contributed by atoms with Gasteiger partial charge in [-0.25, -0.2) is 0 Å². The van der Waals surface area contributed by atoms with Gasteiger partial charge in [-0.2, -0.15) is 0 Å². The summed E-state index contributed by atoms with van der Waals surface area (Å²) in [4.78, 5) is 23.4. The van der Waals surface area contributed by atoms with Crippen LogP contribution in [-0.2, 0) is 9.59 Å². The van der Waals surface area contributed by atoms with E-state index in [1.807, 2.05) is 0 Å². The van der Waals surface area contributed by atoms with Gasteiger partial charge in [-0.15, -0.1) is 0 Å². The van der Waals surface area contributed by atoms with Crippen molar-refractivity contribution in [2.45, 2.75) is 71.5 Å². The van der Waals surface area contributed by atoms with E-state index in [1.54, 1.807) is 0 Å². The van der Waals surface area contributed by atoms with Crippen molar-refractivity contribution in [3.63, 3.8) is 0 Å². The molecule has 140 valence electrons. The molecule has 2 aliphatic carbocycles. The first-order chi connectivity index (χ1) is 11.6. The molecule has 1 saturated heterocycles. The first kappa shape index (κ1) is 18.6. The van der Waals surface area contributed by atoms with Gasteiger partial charge in [-0.05, 0) is 54.8 Å². The quantitative estimate of drug-likeness (QED) is 0.538. The molecule has 3 aliphatic rings. The van der Waals surface area contributed by atoms with Crippen molar-refractivity contribution in [1.29, 1.82) is 0 Å². The Morgan fingerprint density at radius 2 is 1.96 bits per heavy atom. The van der Waals surface area contributed by atoms with Crippen LogP contribution in [0.5, 0.6) is 0 Å². The summed E-state index contributed by atoms with van der Waals surface area (Å²) < 4.78 is 0. The van der Waals surface area contributed by atoms with Crippen LogP contribution in [0.25, 0.3) is 0 Å². The highest BCUT2D eigenvalue weighted by molar-refractivity contribution is 6.03. The second kappa shape index (κ2) is 6.20. The monoisotopic (exact) mass is 349 g/mol. The zero-order chi connectivity index (χ0) is 18.6. The predicted octanol–water partition coefficient (Wildman–Crippen LogP) is 2.17. The summed E-state index contributed by atoms with van der Waals surface area (Å²) in [6, 6.07) is 0. The van der Waals surface area contributed by atoms with E-state index in [9.17, 15) is 19.8 Å². The minimum absolute atomic E-state index is 0.0435. The number of hydrogen-bond acceptors (Lipinski definition) is 4. The van der Waals surface area contributed by atoms with Crippen molar-refractivity contribution in [2.75, 3.05) is 0 Å². The maximum Gasteiger partial charge on any atom is 0.232 e. The van der Waals surface area contributed by atoms with Gasteiger partial charge in [0, 0.05) is 6.42 Å². The van der Waals surface area contributed by atoms with E-state index < -0.39 is 12.0 Å². The molecule has 1 aliphatic heterocycles. The van der Waals surface area contributed by atoms with Crippen LogP contribution in [0.4, 0.5) is 0 Å². The fraction of sp³-hybridized carbons (Fsp3) is 0.800. The number of nitrogens with one attached hydrogen (secondary N) is 1. The van der Waals surface area contributed by atoms with Gasteiger partial charge in [0.2, 0.25) is 11.8 Å². The smallest absolute Gasteiger partial charge is 0.232 e. The van der Waals surface area contributed by atoms with Crippen LogP contribution < -0.4 is 5.32 Å². The molecule has 0 aromatic rings. The van der Waals surface area contributed by atoms with E-state index in [2.05, 4.69) is 32.7 Å². The number of aliphatic hydroxyl groups is 2. The maximum atomic E-state index is 11.9. The molecule has 0 radical (unpaired) electrons. The molecule has 0 aromatic heterocycles. The number of carbonyl (C=O) groups excluding carboxylic acids is 2. The molecule has 5 heteroatoms. The number of imide groups is 1. The average molecular weight is 349 g/mol. The van der Waals surface area contributed by atoms with Crippen LogP contribution in [0.2, 0.25) is 0 Å². The van der Waals surface area contributed by atoms with E-state index in [0.29, 0.717) is 12.3 Å². The van der Waals surface area contributed by atoms with Crippen LogP contribution in [0.15, 0.2) is 12.2 Å². The molecule has 0 aromatic carbocycles. The molecule has 6 atom stereocenters. The third kappa shape index (κ3) is 2.95. The summed E-state index contributed by atoms with van der Waals surface area (Å²) in [6.45, 7) is 10.8. The van der Waals surface area contributed by atoms with Crippen molar-refractivity contribution in [2.24, 2.45) is 28.6 Å². The predicted molar refractivity (Wildman–Crippen MR) is 94.4 cm³/mol. The molecular weight excluding hydrogens is 318 g/mol.